The molecule has 0 aliphatic rings. The van der Waals surface area contributed by atoms with Crippen LogP contribution in [-0.2, 0) is 4.52 Å². The molecule has 0 aromatic heterocycles. The zero-order chi connectivity index (χ0) is 4.12. The van der Waals surface area contributed by atoms with Crippen LogP contribution in [0, 0.1) is 0 Å². The van der Waals surface area contributed by atoms with Crippen molar-refractivity contribution in [2.45, 2.75) is 0 Å². The van der Waals surface area contributed by atoms with Gasteiger partial charge in [0, 0.05) is 9.47 Å². The average Bonchev–Trinajstić information content (AvgIpc) is 1.41. The van der Waals surface area contributed by atoms with E-state index < -0.39 is 0 Å². The molecule has 5 heavy (non-hydrogen) atoms. The first-order chi connectivity index (χ1) is 2.41. The van der Waals surface area contributed by atoms with Gasteiger partial charge in [-0.1, -0.05) is 0 Å². The van der Waals surface area contributed by atoms with Gasteiger partial charge >= 0.3 is 0 Å². The fraction of sp³-hybridized carbons (Fsp3) is 1.00. The molecule has 0 aliphatic heterocycles. The van der Waals surface area contributed by atoms with Crippen molar-refractivity contribution in [3.63, 3.8) is 0 Å². The molecule has 0 spiro atoms. The lowest BCUT2D eigenvalue weighted by atomic mass is 10.8. The van der Waals surface area contributed by atoms with Crippen LogP contribution in [0.4, 0.5) is 0 Å². The molecule has 2 nitrogen and oxygen atoms in total. The molecule has 0 radical (unpaired) electrons. The molecule has 3 heteroatoms. The van der Waals surface area contributed by atoms with Gasteiger partial charge in [-0.3, -0.25) is 0 Å². The van der Waals surface area contributed by atoms with E-state index >= 15 is 0 Å². The summed E-state index contributed by atoms with van der Waals surface area (Å²) in [6.45, 7) is 0.508. The zero-order valence-corrected chi connectivity index (χ0v) is 4.00. The summed E-state index contributed by atoms with van der Waals surface area (Å²) in [6, 6.07) is 0. The second kappa shape index (κ2) is 4.35. The van der Waals surface area contributed by atoms with Crippen molar-refractivity contribution in [1.29, 1.82) is 0 Å². The fourth-order valence-corrected chi connectivity index (χ4v) is 0.158. The van der Waals surface area contributed by atoms with Crippen LogP contribution in [0.3, 0.4) is 0 Å². The minimum absolute atomic E-state index is 0.101. The van der Waals surface area contributed by atoms with Crippen LogP contribution >= 0.6 is 9.47 Å². The van der Waals surface area contributed by atoms with E-state index in [4.69, 9.17) is 5.11 Å². The van der Waals surface area contributed by atoms with Gasteiger partial charge in [-0.15, -0.1) is 0 Å². The van der Waals surface area contributed by atoms with Crippen LogP contribution in [0.1, 0.15) is 0 Å². The molecule has 0 fully saturated rings. The van der Waals surface area contributed by atoms with Gasteiger partial charge in [-0.2, -0.15) is 0 Å². The van der Waals surface area contributed by atoms with Gasteiger partial charge in [0.25, 0.3) is 0 Å². The Kier molecular flexibility index (Phi) is 4.65. The summed E-state index contributed by atoms with van der Waals surface area (Å²) in [4.78, 5) is 0. The Morgan fingerprint density at radius 2 is 2.40 bits per heavy atom. The summed E-state index contributed by atoms with van der Waals surface area (Å²) in [5.41, 5.74) is 0. The van der Waals surface area contributed by atoms with Crippen molar-refractivity contribution in [2.24, 2.45) is 0 Å². The van der Waals surface area contributed by atoms with E-state index in [2.05, 4.69) is 4.52 Å². The first-order valence-corrected chi connectivity index (χ1v) is 1.81. The highest BCUT2D eigenvalue weighted by Crippen LogP contribution is 1.78. The first-order valence-electron chi connectivity index (χ1n) is 1.34. The number of aliphatic hydroxyl groups is 1. The third-order valence-corrected chi connectivity index (χ3v) is 0.445. The van der Waals surface area contributed by atoms with Crippen LogP contribution in [0.15, 0.2) is 0 Å². The van der Waals surface area contributed by atoms with E-state index in [1.54, 1.807) is 0 Å². The molecule has 0 rings (SSSR count). The molecule has 0 amide bonds. The molecule has 0 aromatic carbocycles. The normalized spacial score (nSPS) is 8.40. The molecule has 1 N–H and O–H groups in total. The largest absolute Gasteiger partial charge is 0.394 e. The summed E-state index contributed by atoms with van der Waals surface area (Å²) in [5, 5.41) is 7.93. The Bertz CT molecular complexity index is 15.1. The van der Waals surface area contributed by atoms with E-state index in [1.165, 1.54) is 0 Å². The highest BCUT2D eigenvalue weighted by atomic mass is 31.0. The molecular weight excluding hydrogens is 87.0 g/mol. The van der Waals surface area contributed by atoms with Crippen molar-refractivity contribution in [1.82, 2.24) is 0 Å². The van der Waals surface area contributed by atoms with Crippen molar-refractivity contribution >= 4 is 9.47 Å². The Hall–Kier alpha value is 0.350. The van der Waals surface area contributed by atoms with Crippen LogP contribution in [0.5, 0.6) is 0 Å². The SMILES string of the molecule is OCCOP. The number of aliphatic hydroxyl groups excluding tert-OH is 1. The molecule has 1 atom stereocenters. The summed E-state index contributed by atoms with van der Waals surface area (Å²) in [5.74, 6) is 0. The highest BCUT2D eigenvalue weighted by Gasteiger charge is 1.67. The topological polar surface area (TPSA) is 29.5 Å². The third kappa shape index (κ3) is 4.35. The number of rotatable bonds is 2. The predicted molar refractivity (Wildman–Crippen MR) is 22.7 cm³/mol. The Morgan fingerprint density at radius 1 is 1.80 bits per heavy atom. The zero-order valence-electron chi connectivity index (χ0n) is 2.85. The second-order valence-corrected chi connectivity index (χ2v) is 0.928. The van der Waals surface area contributed by atoms with E-state index in [0.717, 1.165) is 0 Å². The maximum Gasteiger partial charge on any atom is 0.0733 e. The molecule has 1 unspecified atom stereocenters. The average molecular weight is 94.1 g/mol. The lowest BCUT2D eigenvalue weighted by Gasteiger charge is -1.83. The Morgan fingerprint density at radius 3 is 2.40 bits per heavy atom. The van der Waals surface area contributed by atoms with E-state index in [0.29, 0.717) is 6.61 Å². The van der Waals surface area contributed by atoms with E-state index in [1.807, 2.05) is 9.47 Å². The van der Waals surface area contributed by atoms with Crippen LogP contribution in [0.25, 0.3) is 0 Å². The molecule has 0 saturated carbocycles. The number of hydrogen-bond donors (Lipinski definition) is 1. The quantitative estimate of drug-likeness (QED) is 0.479. The van der Waals surface area contributed by atoms with Crippen LogP contribution in [0.2, 0.25) is 0 Å². The molecular formula is C2H7O2P. The number of hydrogen-bond acceptors (Lipinski definition) is 2. The third-order valence-electron chi connectivity index (χ3n) is 0.209. The lowest BCUT2D eigenvalue weighted by molar-refractivity contribution is 0.220. The highest BCUT2D eigenvalue weighted by molar-refractivity contribution is 7.09. The minimum Gasteiger partial charge on any atom is -0.394 e. The summed E-state index contributed by atoms with van der Waals surface area (Å²) in [7, 11) is 2.04. The van der Waals surface area contributed by atoms with Crippen LogP contribution < -0.4 is 0 Å². The minimum atomic E-state index is 0.101. The molecule has 0 saturated heterocycles. The smallest absolute Gasteiger partial charge is 0.0733 e. The first kappa shape index (κ1) is 5.35. The van der Waals surface area contributed by atoms with E-state index in [9.17, 15) is 0 Å². The van der Waals surface area contributed by atoms with Crippen LogP contribution in [-0.4, -0.2) is 18.3 Å². The van der Waals surface area contributed by atoms with E-state index in [-0.39, 0.29) is 6.61 Å². The van der Waals surface area contributed by atoms with Gasteiger partial charge in [-0.05, 0) is 0 Å². The maximum absolute atomic E-state index is 7.93. The monoisotopic (exact) mass is 94.0 g/mol. The van der Waals surface area contributed by atoms with Gasteiger partial charge in [0.05, 0.1) is 13.2 Å². The van der Waals surface area contributed by atoms with Gasteiger partial charge in [0.15, 0.2) is 0 Å². The Balaban J connectivity index is 2.19. The van der Waals surface area contributed by atoms with Crippen molar-refractivity contribution in [3.05, 3.63) is 0 Å². The fourth-order valence-electron chi connectivity index (χ4n) is 0.0527. The van der Waals surface area contributed by atoms with Gasteiger partial charge in [0.2, 0.25) is 0 Å². The molecule has 0 bridgehead atoms. The van der Waals surface area contributed by atoms with Gasteiger partial charge in [-0.25, -0.2) is 0 Å². The standard InChI is InChI=1S/C2H7O2P/c3-1-2-4-5/h3H,1-2,5H2. The van der Waals surface area contributed by atoms with Crippen molar-refractivity contribution < 1.29 is 9.63 Å². The van der Waals surface area contributed by atoms with Crippen molar-refractivity contribution in [2.75, 3.05) is 13.2 Å². The molecule has 0 heterocycles. The summed E-state index contributed by atoms with van der Waals surface area (Å²) < 4.78 is 4.36. The van der Waals surface area contributed by atoms with Crippen molar-refractivity contribution in [3.8, 4) is 0 Å². The Labute approximate surface area is 33.4 Å². The molecule has 0 aromatic rings. The molecule has 0 aliphatic carbocycles. The summed E-state index contributed by atoms with van der Waals surface area (Å²) >= 11 is 0. The lowest BCUT2D eigenvalue weighted by Crippen LogP contribution is -1.87. The van der Waals surface area contributed by atoms with Gasteiger partial charge in [0.1, 0.15) is 0 Å². The maximum atomic E-state index is 7.93. The molecule has 32 valence electrons. The summed E-state index contributed by atoms with van der Waals surface area (Å²) in [6.07, 6.45) is 0. The van der Waals surface area contributed by atoms with Gasteiger partial charge < -0.3 is 9.63 Å². The second-order valence-electron chi connectivity index (χ2n) is 0.594. The predicted octanol–water partition coefficient (Wildman–Crippen LogP) is -0.215.